The number of fused-ring (bicyclic) bond motifs is 1. The Kier molecular flexibility index (Phi) is 5.74. The summed E-state index contributed by atoms with van der Waals surface area (Å²) in [7, 11) is -1.77. The first-order valence-electron chi connectivity index (χ1n) is 11.7. The second-order valence-corrected chi connectivity index (χ2v) is 11.1. The van der Waals surface area contributed by atoms with Gasteiger partial charge in [0.15, 0.2) is 0 Å². The number of carbonyl (C=O) groups is 2. The van der Waals surface area contributed by atoms with Crippen LogP contribution in [-0.2, 0) is 16.6 Å². The highest BCUT2D eigenvalue weighted by Crippen LogP contribution is 2.39. The molecule has 0 radical (unpaired) electrons. The van der Waals surface area contributed by atoms with Crippen molar-refractivity contribution in [2.24, 2.45) is 0 Å². The van der Waals surface area contributed by atoms with Gasteiger partial charge in [0.25, 0.3) is 21.8 Å². The summed E-state index contributed by atoms with van der Waals surface area (Å²) in [4.78, 5) is 27.9. The fourth-order valence-corrected chi connectivity index (χ4v) is 6.79. The predicted molar refractivity (Wildman–Crippen MR) is 126 cm³/mol. The molecule has 1 aliphatic heterocycles. The van der Waals surface area contributed by atoms with Crippen LogP contribution in [-0.4, -0.2) is 48.6 Å². The zero-order valence-corrected chi connectivity index (χ0v) is 19.6. The lowest BCUT2D eigenvalue weighted by Gasteiger charge is -2.31. The van der Waals surface area contributed by atoms with Gasteiger partial charge in [-0.1, -0.05) is 37.5 Å². The van der Waals surface area contributed by atoms with Crippen LogP contribution >= 0.6 is 0 Å². The SMILES string of the molecule is CN(Cc1ccccc1NC(=O)c1ccc2c(c1)S(=O)(=O)N(C1CC1)C2=O)C1CCCCC1. The standard InChI is InChI=1S/C25H29N3O4S/c1-27(19-8-3-2-4-9-19)16-18-7-5-6-10-22(18)26-24(29)17-11-14-21-23(15-17)33(31,32)28(25(21)30)20-12-13-20/h5-7,10-11,14-15,19-20H,2-4,8-9,12-13,16H2,1H3,(H,26,29). The molecule has 1 heterocycles. The van der Waals surface area contributed by atoms with Crippen LogP contribution in [0.5, 0.6) is 0 Å². The Hall–Kier alpha value is -2.71. The number of nitrogens with one attached hydrogen (secondary N) is 1. The number of hydrogen-bond acceptors (Lipinski definition) is 5. The van der Waals surface area contributed by atoms with Crippen LogP contribution in [0.25, 0.3) is 0 Å². The van der Waals surface area contributed by atoms with Crippen molar-refractivity contribution < 1.29 is 18.0 Å². The molecule has 7 nitrogen and oxygen atoms in total. The summed E-state index contributed by atoms with van der Waals surface area (Å²) in [6, 6.07) is 12.3. The van der Waals surface area contributed by atoms with Gasteiger partial charge in [-0.15, -0.1) is 0 Å². The van der Waals surface area contributed by atoms with Crippen molar-refractivity contribution in [1.29, 1.82) is 0 Å². The monoisotopic (exact) mass is 467 g/mol. The Labute approximate surface area is 194 Å². The number of nitrogens with zero attached hydrogens (tertiary/aromatic N) is 2. The fraction of sp³-hybridized carbons (Fsp3) is 0.440. The molecule has 0 unspecified atom stereocenters. The first-order valence-corrected chi connectivity index (χ1v) is 13.1. The highest BCUT2D eigenvalue weighted by atomic mass is 32.2. The molecule has 2 aliphatic carbocycles. The lowest BCUT2D eigenvalue weighted by atomic mass is 9.94. The molecule has 2 aromatic rings. The van der Waals surface area contributed by atoms with E-state index in [0.29, 0.717) is 24.6 Å². The topological polar surface area (TPSA) is 86.8 Å². The summed E-state index contributed by atoms with van der Waals surface area (Å²) in [6.07, 6.45) is 7.61. The quantitative estimate of drug-likeness (QED) is 0.694. The molecule has 3 aliphatic rings. The zero-order valence-electron chi connectivity index (χ0n) is 18.8. The Bertz CT molecular complexity index is 1200. The van der Waals surface area contributed by atoms with Gasteiger partial charge in [-0.3, -0.25) is 14.5 Å². The van der Waals surface area contributed by atoms with Crippen molar-refractivity contribution in [2.75, 3.05) is 12.4 Å². The average molecular weight is 468 g/mol. The Balaban J connectivity index is 1.35. The third-order valence-corrected chi connectivity index (χ3v) is 8.85. The van der Waals surface area contributed by atoms with E-state index in [1.807, 2.05) is 24.3 Å². The maximum atomic E-state index is 13.1. The van der Waals surface area contributed by atoms with Gasteiger partial charge >= 0.3 is 0 Å². The van der Waals surface area contributed by atoms with Gasteiger partial charge < -0.3 is 5.32 Å². The number of benzene rings is 2. The predicted octanol–water partition coefficient (Wildman–Crippen LogP) is 4.01. The number of para-hydroxylation sites is 1. The van der Waals surface area contributed by atoms with E-state index in [0.717, 1.165) is 16.4 Å². The first-order chi connectivity index (χ1) is 15.9. The van der Waals surface area contributed by atoms with Gasteiger partial charge in [0.2, 0.25) is 0 Å². The summed E-state index contributed by atoms with van der Waals surface area (Å²) < 4.78 is 26.8. The minimum Gasteiger partial charge on any atom is -0.322 e. The Morgan fingerprint density at radius 2 is 1.79 bits per heavy atom. The molecule has 8 heteroatoms. The second-order valence-electron chi connectivity index (χ2n) is 9.37. The van der Waals surface area contributed by atoms with Gasteiger partial charge in [0, 0.05) is 29.9 Å². The summed E-state index contributed by atoms with van der Waals surface area (Å²) in [5.41, 5.74) is 2.10. The van der Waals surface area contributed by atoms with E-state index in [9.17, 15) is 18.0 Å². The van der Waals surface area contributed by atoms with E-state index < -0.39 is 21.8 Å². The molecule has 2 fully saturated rings. The van der Waals surface area contributed by atoms with Crippen LogP contribution in [0.2, 0.25) is 0 Å². The van der Waals surface area contributed by atoms with Crippen LogP contribution in [0.1, 0.15) is 71.2 Å². The molecule has 0 bridgehead atoms. The minimum absolute atomic E-state index is 0.0719. The van der Waals surface area contributed by atoms with E-state index in [1.165, 1.54) is 50.3 Å². The lowest BCUT2D eigenvalue weighted by molar-refractivity contribution is 0.0864. The van der Waals surface area contributed by atoms with Gasteiger partial charge in [0.05, 0.1) is 5.56 Å². The molecule has 2 aromatic carbocycles. The van der Waals surface area contributed by atoms with E-state index >= 15 is 0 Å². The van der Waals surface area contributed by atoms with Crippen molar-refractivity contribution in [2.45, 2.75) is 68.5 Å². The number of anilines is 1. The van der Waals surface area contributed by atoms with E-state index in [1.54, 1.807) is 0 Å². The van der Waals surface area contributed by atoms with Crippen molar-refractivity contribution in [3.8, 4) is 0 Å². The van der Waals surface area contributed by atoms with Crippen molar-refractivity contribution in [3.63, 3.8) is 0 Å². The van der Waals surface area contributed by atoms with E-state index in [-0.39, 0.29) is 22.1 Å². The third kappa shape index (κ3) is 4.17. The Morgan fingerprint density at radius 1 is 1.06 bits per heavy atom. The molecule has 2 amide bonds. The van der Waals surface area contributed by atoms with Gasteiger partial charge in [-0.2, -0.15) is 0 Å². The van der Waals surface area contributed by atoms with Crippen LogP contribution in [0.3, 0.4) is 0 Å². The minimum atomic E-state index is -3.90. The van der Waals surface area contributed by atoms with Crippen molar-refractivity contribution in [1.82, 2.24) is 9.21 Å². The molecule has 0 saturated heterocycles. The molecule has 1 N–H and O–H groups in total. The molecule has 33 heavy (non-hydrogen) atoms. The highest BCUT2D eigenvalue weighted by Gasteiger charge is 2.48. The number of carbonyl (C=O) groups excluding carboxylic acids is 2. The fourth-order valence-electron chi connectivity index (χ4n) is 4.95. The van der Waals surface area contributed by atoms with Crippen LogP contribution in [0, 0.1) is 0 Å². The summed E-state index contributed by atoms with van der Waals surface area (Å²) >= 11 is 0. The number of rotatable bonds is 6. The van der Waals surface area contributed by atoms with Gasteiger partial charge in [0.1, 0.15) is 4.90 Å². The smallest absolute Gasteiger partial charge is 0.269 e. The maximum Gasteiger partial charge on any atom is 0.269 e. The van der Waals surface area contributed by atoms with Gasteiger partial charge in [-0.25, -0.2) is 12.7 Å². The third-order valence-electron chi connectivity index (χ3n) is 6.97. The normalized spacial score (nSPS) is 20.2. The maximum absolute atomic E-state index is 13.1. The van der Waals surface area contributed by atoms with Crippen LogP contribution in [0.4, 0.5) is 5.69 Å². The number of amides is 2. The van der Waals surface area contributed by atoms with Gasteiger partial charge in [-0.05, 0) is 62.6 Å². The summed E-state index contributed by atoms with van der Waals surface area (Å²) in [6.45, 7) is 0.727. The summed E-state index contributed by atoms with van der Waals surface area (Å²) in [5.74, 6) is -0.881. The molecule has 2 saturated carbocycles. The largest absolute Gasteiger partial charge is 0.322 e. The molecular formula is C25H29N3O4S. The lowest BCUT2D eigenvalue weighted by Crippen LogP contribution is -2.33. The molecule has 5 rings (SSSR count). The second kappa shape index (κ2) is 8.57. The van der Waals surface area contributed by atoms with Crippen LogP contribution in [0.15, 0.2) is 47.4 Å². The summed E-state index contributed by atoms with van der Waals surface area (Å²) in [5, 5.41) is 2.95. The number of hydrogen-bond donors (Lipinski definition) is 1. The molecule has 0 atom stereocenters. The average Bonchev–Trinajstić information content (AvgIpc) is 3.62. The molecule has 0 spiro atoms. The zero-order chi connectivity index (χ0) is 23.2. The molecule has 0 aromatic heterocycles. The molecule has 174 valence electrons. The first kappa shape index (κ1) is 22.1. The van der Waals surface area contributed by atoms with Crippen molar-refractivity contribution >= 4 is 27.5 Å². The van der Waals surface area contributed by atoms with Crippen LogP contribution < -0.4 is 5.32 Å². The molecular weight excluding hydrogens is 438 g/mol. The highest BCUT2D eigenvalue weighted by molar-refractivity contribution is 7.90. The Morgan fingerprint density at radius 3 is 2.52 bits per heavy atom. The van der Waals surface area contributed by atoms with Crippen molar-refractivity contribution in [3.05, 3.63) is 59.2 Å². The number of sulfonamides is 1. The van der Waals surface area contributed by atoms with E-state index in [2.05, 4.69) is 17.3 Å². The van der Waals surface area contributed by atoms with E-state index in [4.69, 9.17) is 0 Å².